The van der Waals surface area contributed by atoms with Gasteiger partial charge in [0.1, 0.15) is 22.2 Å². The number of rotatable bonds is 10. The number of hydrogen-bond acceptors (Lipinski definition) is 8. The van der Waals surface area contributed by atoms with Crippen molar-refractivity contribution in [1.82, 2.24) is 0 Å². The highest BCUT2D eigenvalue weighted by Gasteiger charge is 2.28. The number of ether oxygens (including phenoxy) is 3. The van der Waals surface area contributed by atoms with Crippen molar-refractivity contribution >= 4 is 34.2 Å². The molecule has 0 spiro atoms. The number of esters is 2. The summed E-state index contributed by atoms with van der Waals surface area (Å²) in [5.74, 6) is -10.7. The molecule has 13 heteroatoms. The van der Waals surface area contributed by atoms with Gasteiger partial charge in [-0.25, -0.2) is 18.4 Å². The first-order valence-corrected chi connectivity index (χ1v) is 11.7. The van der Waals surface area contributed by atoms with Crippen LogP contribution in [0.3, 0.4) is 0 Å². The standard InChI is InChI=1S/C24H21F4NO7S/c1-4-8-34-23(31)16-11(3)20(24(32)33-5-2)37-22(16)29-21(30)15-7-6-12(36-15)10-35-19-17(27)13(25)9-14(26)18(19)28/h6-7,9H,4-5,8,10H2,1-3H3,(H,29,30). The van der Waals surface area contributed by atoms with E-state index >= 15 is 0 Å². The Balaban J connectivity index is 1.80. The molecule has 1 N–H and O–H groups in total. The van der Waals surface area contributed by atoms with E-state index in [1.807, 2.05) is 0 Å². The summed E-state index contributed by atoms with van der Waals surface area (Å²) in [5, 5.41) is 2.49. The molecule has 1 aromatic carbocycles. The molecule has 2 aromatic heterocycles. The topological polar surface area (TPSA) is 104 Å². The summed E-state index contributed by atoms with van der Waals surface area (Å²) < 4.78 is 74.5. The fraction of sp³-hybridized carbons (Fsp3) is 0.292. The van der Waals surface area contributed by atoms with Crippen molar-refractivity contribution in [3.63, 3.8) is 0 Å². The third-order valence-electron chi connectivity index (χ3n) is 4.79. The Labute approximate surface area is 212 Å². The number of carbonyl (C=O) groups excluding carboxylic acids is 3. The highest BCUT2D eigenvalue weighted by Crippen LogP contribution is 2.35. The third-order valence-corrected chi connectivity index (χ3v) is 5.98. The van der Waals surface area contributed by atoms with Gasteiger partial charge in [0.15, 0.2) is 23.1 Å². The lowest BCUT2D eigenvalue weighted by molar-refractivity contribution is 0.0506. The molecule has 0 radical (unpaired) electrons. The Kier molecular flexibility index (Phi) is 8.92. The average molecular weight is 543 g/mol. The molecule has 0 fully saturated rings. The van der Waals surface area contributed by atoms with Gasteiger partial charge in [0.25, 0.3) is 5.91 Å². The molecule has 0 unspecified atom stereocenters. The Morgan fingerprint density at radius 2 is 1.68 bits per heavy atom. The summed E-state index contributed by atoms with van der Waals surface area (Å²) in [5.41, 5.74) is 0.240. The van der Waals surface area contributed by atoms with E-state index in [0.29, 0.717) is 6.42 Å². The van der Waals surface area contributed by atoms with Crippen LogP contribution in [0.2, 0.25) is 0 Å². The van der Waals surface area contributed by atoms with Crippen LogP contribution < -0.4 is 10.1 Å². The zero-order chi connectivity index (χ0) is 27.3. The van der Waals surface area contributed by atoms with Gasteiger partial charge >= 0.3 is 11.9 Å². The Hall–Kier alpha value is -3.87. The maximum Gasteiger partial charge on any atom is 0.348 e. The Bertz CT molecular complexity index is 1310. The molecule has 0 saturated heterocycles. The van der Waals surface area contributed by atoms with Gasteiger partial charge in [-0.1, -0.05) is 6.92 Å². The summed E-state index contributed by atoms with van der Waals surface area (Å²) in [4.78, 5) is 37.8. The molecule has 0 saturated carbocycles. The van der Waals surface area contributed by atoms with Crippen LogP contribution in [0.25, 0.3) is 0 Å². The Morgan fingerprint density at radius 3 is 2.30 bits per heavy atom. The van der Waals surface area contributed by atoms with Gasteiger partial charge in [-0.2, -0.15) is 8.78 Å². The van der Waals surface area contributed by atoms with E-state index in [-0.39, 0.29) is 51.8 Å². The smallest absolute Gasteiger partial charge is 0.348 e. The monoisotopic (exact) mass is 543 g/mol. The summed E-state index contributed by atoms with van der Waals surface area (Å²) in [6, 6.07) is 2.48. The number of anilines is 1. The fourth-order valence-corrected chi connectivity index (χ4v) is 4.15. The lowest BCUT2D eigenvalue weighted by Crippen LogP contribution is -2.14. The van der Waals surface area contributed by atoms with Gasteiger partial charge in [0.2, 0.25) is 11.6 Å². The van der Waals surface area contributed by atoms with Crippen LogP contribution in [-0.2, 0) is 16.1 Å². The number of furan rings is 1. The zero-order valence-electron chi connectivity index (χ0n) is 19.8. The van der Waals surface area contributed by atoms with Gasteiger partial charge in [-0.15, -0.1) is 11.3 Å². The number of thiophene rings is 1. The normalized spacial score (nSPS) is 10.8. The predicted octanol–water partition coefficient (Wildman–Crippen LogP) is 5.78. The second-order valence-corrected chi connectivity index (χ2v) is 8.44. The number of benzene rings is 1. The first kappa shape index (κ1) is 27.7. The second kappa shape index (κ2) is 11.9. The summed E-state index contributed by atoms with van der Waals surface area (Å²) in [6.07, 6.45) is 0.550. The lowest BCUT2D eigenvalue weighted by atomic mass is 10.1. The van der Waals surface area contributed by atoms with Crippen molar-refractivity contribution in [2.75, 3.05) is 18.5 Å². The molecule has 37 heavy (non-hydrogen) atoms. The van der Waals surface area contributed by atoms with Crippen LogP contribution in [0.5, 0.6) is 5.75 Å². The van der Waals surface area contributed by atoms with E-state index in [4.69, 9.17) is 18.6 Å². The van der Waals surface area contributed by atoms with Crippen LogP contribution in [0.4, 0.5) is 22.6 Å². The van der Waals surface area contributed by atoms with Crippen LogP contribution in [0, 0.1) is 30.2 Å². The third kappa shape index (κ3) is 6.10. The average Bonchev–Trinajstić information content (AvgIpc) is 3.46. The number of nitrogens with one attached hydrogen (secondary N) is 1. The molecular formula is C24H21F4NO7S. The number of carbonyl (C=O) groups is 3. The van der Waals surface area contributed by atoms with Crippen LogP contribution in [-0.4, -0.2) is 31.1 Å². The van der Waals surface area contributed by atoms with Gasteiger partial charge in [0.05, 0.1) is 18.8 Å². The molecule has 0 bridgehead atoms. The molecule has 0 aliphatic heterocycles. The van der Waals surface area contributed by atoms with Gasteiger partial charge in [-0.05, 0) is 38.0 Å². The van der Waals surface area contributed by atoms with E-state index in [9.17, 15) is 31.9 Å². The minimum Gasteiger partial charge on any atom is -0.479 e. The largest absolute Gasteiger partial charge is 0.479 e. The molecule has 2 heterocycles. The van der Waals surface area contributed by atoms with Gasteiger partial charge < -0.3 is 23.9 Å². The van der Waals surface area contributed by atoms with Crippen molar-refractivity contribution in [1.29, 1.82) is 0 Å². The molecule has 3 aromatic rings. The van der Waals surface area contributed by atoms with E-state index < -0.39 is 53.5 Å². The molecule has 0 aliphatic rings. The molecule has 8 nitrogen and oxygen atoms in total. The van der Waals surface area contributed by atoms with Gasteiger partial charge in [0, 0.05) is 6.07 Å². The maximum absolute atomic E-state index is 13.8. The van der Waals surface area contributed by atoms with Crippen molar-refractivity contribution < 1.29 is 50.6 Å². The van der Waals surface area contributed by atoms with Crippen molar-refractivity contribution in [2.24, 2.45) is 0 Å². The molecule has 0 aliphatic carbocycles. The quantitative estimate of drug-likeness (QED) is 0.196. The van der Waals surface area contributed by atoms with E-state index in [1.54, 1.807) is 13.8 Å². The van der Waals surface area contributed by atoms with E-state index in [2.05, 4.69) is 5.32 Å². The van der Waals surface area contributed by atoms with Crippen LogP contribution in [0.1, 0.15) is 62.2 Å². The van der Waals surface area contributed by atoms with Crippen LogP contribution >= 0.6 is 11.3 Å². The fourth-order valence-electron chi connectivity index (χ4n) is 3.07. The highest BCUT2D eigenvalue weighted by atomic mass is 32.1. The van der Waals surface area contributed by atoms with E-state index in [1.165, 1.54) is 19.1 Å². The highest BCUT2D eigenvalue weighted by molar-refractivity contribution is 7.18. The van der Waals surface area contributed by atoms with Crippen LogP contribution in [0.15, 0.2) is 22.6 Å². The van der Waals surface area contributed by atoms with E-state index in [0.717, 1.165) is 11.3 Å². The SMILES string of the molecule is CCCOC(=O)c1c(NC(=O)c2ccc(COc3c(F)c(F)cc(F)c3F)o2)sc(C(=O)OCC)c1C. The minimum absolute atomic E-state index is 0.0141. The Morgan fingerprint density at radius 1 is 1.00 bits per heavy atom. The molecular weight excluding hydrogens is 522 g/mol. The predicted molar refractivity (Wildman–Crippen MR) is 123 cm³/mol. The van der Waals surface area contributed by atoms with Crippen molar-refractivity contribution in [2.45, 2.75) is 33.8 Å². The molecule has 1 amide bonds. The minimum atomic E-state index is -1.73. The van der Waals surface area contributed by atoms with Gasteiger partial charge in [-0.3, -0.25) is 4.79 Å². The molecule has 3 rings (SSSR count). The summed E-state index contributed by atoms with van der Waals surface area (Å²) >= 11 is 0.811. The molecule has 198 valence electrons. The zero-order valence-corrected chi connectivity index (χ0v) is 20.7. The number of amides is 1. The number of halogens is 4. The first-order valence-electron chi connectivity index (χ1n) is 10.9. The second-order valence-electron chi connectivity index (χ2n) is 7.42. The maximum atomic E-state index is 13.8. The summed E-state index contributed by atoms with van der Waals surface area (Å²) in [7, 11) is 0. The summed E-state index contributed by atoms with van der Waals surface area (Å²) in [6.45, 7) is 4.48. The number of hydrogen-bond donors (Lipinski definition) is 1. The lowest BCUT2D eigenvalue weighted by Gasteiger charge is -2.08. The molecule has 0 atom stereocenters. The van der Waals surface area contributed by atoms with Crippen molar-refractivity contribution in [3.05, 3.63) is 69.0 Å². The first-order chi connectivity index (χ1) is 17.6. The van der Waals surface area contributed by atoms with Crippen molar-refractivity contribution in [3.8, 4) is 5.75 Å².